The Bertz CT molecular complexity index is 1630. The van der Waals surface area contributed by atoms with E-state index in [1.807, 2.05) is 0 Å². The van der Waals surface area contributed by atoms with E-state index in [4.69, 9.17) is 14.7 Å². The Morgan fingerprint density at radius 2 is 1.91 bits per heavy atom. The van der Waals surface area contributed by atoms with Crippen LogP contribution in [-0.4, -0.2) is 109 Å². The zero-order chi connectivity index (χ0) is 31.7. The highest BCUT2D eigenvalue weighted by atomic mass is 19.1. The molecule has 1 atom stereocenters. The number of amides is 1. The molecule has 10 nitrogen and oxygen atoms in total. The van der Waals surface area contributed by atoms with Crippen molar-refractivity contribution in [1.29, 1.82) is 5.26 Å². The summed E-state index contributed by atoms with van der Waals surface area (Å²) < 4.78 is 20.0. The maximum absolute atomic E-state index is 13.8. The average Bonchev–Trinajstić information content (AvgIpc) is 3.02. The van der Waals surface area contributed by atoms with Crippen molar-refractivity contribution >= 4 is 28.2 Å². The van der Waals surface area contributed by atoms with Crippen LogP contribution in [0.3, 0.4) is 0 Å². The molecule has 0 unspecified atom stereocenters. The van der Waals surface area contributed by atoms with Gasteiger partial charge in [0, 0.05) is 68.5 Å². The number of hydrogen-bond acceptors (Lipinski definition) is 9. The zero-order valence-corrected chi connectivity index (χ0v) is 26.4. The van der Waals surface area contributed by atoms with Crippen molar-refractivity contribution in [2.75, 3.05) is 76.3 Å². The number of likely N-dealkylation sites (tertiary alicyclic amines) is 1. The maximum atomic E-state index is 13.8. The quantitative estimate of drug-likeness (QED) is 0.337. The highest BCUT2D eigenvalue weighted by Crippen LogP contribution is 2.36. The summed E-state index contributed by atoms with van der Waals surface area (Å²) in [6, 6.07) is 15.3. The van der Waals surface area contributed by atoms with Gasteiger partial charge in [0.2, 0.25) is 0 Å². The molecule has 236 valence electrons. The van der Waals surface area contributed by atoms with E-state index in [1.54, 1.807) is 0 Å². The van der Waals surface area contributed by atoms with Gasteiger partial charge in [0.25, 0.3) is 5.91 Å². The van der Waals surface area contributed by atoms with Crippen molar-refractivity contribution in [3.8, 4) is 12.1 Å². The lowest BCUT2D eigenvalue weighted by Gasteiger charge is -2.42. The van der Waals surface area contributed by atoms with Crippen molar-refractivity contribution in [3.63, 3.8) is 0 Å². The minimum absolute atomic E-state index is 0.0864. The number of ether oxygens (including phenoxy) is 1. The summed E-state index contributed by atoms with van der Waals surface area (Å²) in [7, 11) is 4.24. The molecule has 45 heavy (non-hydrogen) atoms. The van der Waals surface area contributed by atoms with Crippen LogP contribution in [0, 0.1) is 18.3 Å². The Labute approximate surface area is 264 Å². The molecular formula is C34H41FN8O2. The van der Waals surface area contributed by atoms with Crippen LogP contribution in [0.5, 0.6) is 6.01 Å². The van der Waals surface area contributed by atoms with E-state index in [1.165, 1.54) is 26.9 Å². The molecule has 3 aliphatic heterocycles. The van der Waals surface area contributed by atoms with Gasteiger partial charge in [-0.3, -0.25) is 9.69 Å². The second kappa shape index (κ2) is 13.0. The van der Waals surface area contributed by atoms with E-state index in [9.17, 15) is 14.4 Å². The molecule has 11 heteroatoms. The highest BCUT2D eigenvalue weighted by Gasteiger charge is 2.35. The number of piperazine rings is 1. The Hall–Kier alpha value is -4.27. The predicted octanol–water partition coefficient (Wildman–Crippen LogP) is 3.54. The summed E-state index contributed by atoms with van der Waals surface area (Å²) in [6.45, 7) is 11.1. The fraction of sp³-hybridized carbons (Fsp3) is 0.471. The average molecular weight is 613 g/mol. The van der Waals surface area contributed by atoms with Gasteiger partial charge >= 0.3 is 6.01 Å². The molecule has 2 saturated heterocycles. The van der Waals surface area contributed by atoms with Crippen LogP contribution in [0.1, 0.15) is 23.2 Å². The summed E-state index contributed by atoms with van der Waals surface area (Å²) in [5, 5.41) is 12.0. The van der Waals surface area contributed by atoms with Gasteiger partial charge in [0.15, 0.2) is 5.83 Å². The van der Waals surface area contributed by atoms with Crippen molar-refractivity contribution in [1.82, 2.24) is 24.7 Å². The lowest BCUT2D eigenvalue weighted by atomic mass is 9.99. The van der Waals surface area contributed by atoms with Crippen LogP contribution in [-0.2, 0) is 17.8 Å². The van der Waals surface area contributed by atoms with E-state index >= 15 is 0 Å². The summed E-state index contributed by atoms with van der Waals surface area (Å²) in [5.74, 6) is -0.998. The van der Waals surface area contributed by atoms with Crippen molar-refractivity contribution in [2.24, 2.45) is 0 Å². The van der Waals surface area contributed by atoms with Gasteiger partial charge in [-0.15, -0.1) is 0 Å². The minimum Gasteiger partial charge on any atom is -0.462 e. The Balaban J connectivity index is 1.29. The predicted molar refractivity (Wildman–Crippen MR) is 173 cm³/mol. The molecule has 2 fully saturated rings. The van der Waals surface area contributed by atoms with E-state index in [-0.39, 0.29) is 13.0 Å². The van der Waals surface area contributed by atoms with Crippen molar-refractivity contribution in [3.05, 3.63) is 65.6 Å². The third kappa shape index (κ3) is 6.30. The maximum Gasteiger partial charge on any atom is 0.318 e. The van der Waals surface area contributed by atoms with Crippen LogP contribution in [0.15, 0.2) is 48.8 Å². The third-order valence-electron chi connectivity index (χ3n) is 9.40. The first-order chi connectivity index (χ1) is 21.7. The van der Waals surface area contributed by atoms with Crippen LogP contribution in [0.25, 0.3) is 10.8 Å². The highest BCUT2D eigenvalue weighted by molar-refractivity contribution is 5.97. The van der Waals surface area contributed by atoms with Crippen LogP contribution < -0.4 is 14.5 Å². The first-order valence-electron chi connectivity index (χ1n) is 15.7. The smallest absolute Gasteiger partial charge is 0.318 e. The van der Waals surface area contributed by atoms with Crippen molar-refractivity contribution < 1.29 is 13.9 Å². The number of aryl methyl sites for hydroxylation is 1. The lowest BCUT2D eigenvalue weighted by Crippen LogP contribution is -2.57. The van der Waals surface area contributed by atoms with E-state index in [0.29, 0.717) is 38.3 Å². The number of rotatable bonds is 9. The second-order valence-electron chi connectivity index (χ2n) is 12.4. The summed E-state index contributed by atoms with van der Waals surface area (Å²) >= 11 is 0. The number of likely N-dealkylation sites (N-methyl/N-ethyl adjacent to an activating group) is 2. The number of aromatic nitrogens is 2. The monoisotopic (exact) mass is 612 g/mol. The van der Waals surface area contributed by atoms with Gasteiger partial charge in [-0.25, -0.2) is 4.39 Å². The Morgan fingerprint density at radius 1 is 1.13 bits per heavy atom. The molecule has 3 aliphatic rings. The van der Waals surface area contributed by atoms with Gasteiger partial charge < -0.3 is 24.3 Å². The SMILES string of the molecule is C=C(F)C(=O)N1CCN(c2nc(OCCN(C)C3CN(C)C3)nc3c2CCN(c2cccc4cccc(C)c24)C3)C[C@@H]1CC#N. The molecule has 0 saturated carbocycles. The zero-order valence-electron chi connectivity index (χ0n) is 26.4. The molecule has 0 bridgehead atoms. The first kappa shape index (κ1) is 30.7. The summed E-state index contributed by atoms with van der Waals surface area (Å²) in [6.07, 6.45) is 0.817. The standard InChI is InChI=1S/C34H41FN8O2/c1-23-7-5-8-25-9-6-10-30(31(23)25)41-14-12-28-29(22-41)37-34(45-18-17-40(4)27-19-39(3)20-27)38-32(28)42-15-16-43(33(44)24(2)35)26(21-42)11-13-36/h5-10,26-27H,2,11-12,14-22H2,1,3-4H3/t26-/m0/s1. The molecule has 0 aliphatic carbocycles. The molecule has 0 radical (unpaired) electrons. The van der Waals surface area contributed by atoms with Gasteiger partial charge in [-0.1, -0.05) is 36.9 Å². The van der Waals surface area contributed by atoms with E-state index < -0.39 is 17.8 Å². The molecular weight excluding hydrogens is 571 g/mol. The van der Waals surface area contributed by atoms with Crippen LogP contribution >= 0.6 is 0 Å². The molecule has 1 aromatic heterocycles. The van der Waals surface area contributed by atoms with Gasteiger partial charge in [-0.2, -0.15) is 15.2 Å². The van der Waals surface area contributed by atoms with Gasteiger partial charge in [0.1, 0.15) is 12.4 Å². The number of hydrogen-bond donors (Lipinski definition) is 0. The second-order valence-corrected chi connectivity index (χ2v) is 12.4. The molecule has 0 N–H and O–H groups in total. The molecule has 6 rings (SSSR count). The van der Waals surface area contributed by atoms with E-state index in [0.717, 1.165) is 49.7 Å². The minimum atomic E-state index is -1.01. The number of carbonyl (C=O) groups excluding carboxylic acids is 1. The topological polar surface area (TPSA) is 92.1 Å². The van der Waals surface area contributed by atoms with Gasteiger partial charge in [-0.05, 0) is 44.5 Å². The molecule has 4 heterocycles. The Morgan fingerprint density at radius 3 is 2.64 bits per heavy atom. The number of fused-ring (bicyclic) bond motifs is 2. The molecule has 2 aromatic carbocycles. The summed E-state index contributed by atoms with van der Waals surface area (Å²) in [5.41, 5.74) is 4.37. The molecule has 1 amide bonds. The van der Waals surface area contributed by atoms with Crippen LogP contribution in [0.2, 0.25) is 0 Å². The number of benzene rings is 2. The first-order valence-corrected chi connectivity index (χ1v) is 15.7. The lowest BCUT2D eigenvalue weighted by molar-refractivity contribution is -0.131. The number of nitriles is 1. The van der Waals surface area contributed by atoms with E-state index in [2.05, 4.69) is 89.7 Å². The fourth-order valence-corrected chi connectivity index (χ4v) is 6.85. The third-order valence-corrected chi connectivity index (χ3v) is 9.40. The number of halogens is 1. The number of carbonyl (C=O) groups is 1. The molecule has 3 aromatic rings. The number of nitrogens with zero attached hydrogens (tertiary/aromatic N) is 8. The number of anilines is 2. The van der Waals surface area contributed by atoms with Crippen molar-refractivity contribution in [2.45, 2.75) is 38.4 Å². The molecule has 0 spiro atoms. The summed E-state index contributed by atoms with van der Waals surface area (Å²) in [4.78, 5) is 32.9. The fourth-order valence-electron chi connectivity index (χ4n) is 6.85. The normalized spacial score (nSPS) is 18.9. The van der Waals surface area contributed by atoms with Crippen LogP contribution in [0.4, 0.5) is 15.9 Å². The largest absolute Gasteiger partial charge is 0.462 e. The van der Waals surface area contributed by atoms with Gasteiger partial charge in [0.05, 0.1) is 30.8 Å². The Kier molecular flexibility index (Phi) is 8.88.